The highest BCUT2D eigenvalue weighted by molar-refractivity contribution is 5.73. The third-order valence-corrected chi connectivity index (χ3v) is 2.66. The Hall–Kier alpha value is -2.16. The van der Waals surface area contributed by atoms with Crippen LogP contribution >= 0.6 is 0 Å². The van der Waals surface area contributed by atoms with Gasteiger partial charge in [0.25, 0.3) is 0 Å². The summed E-state index contributed by atoms with van der Waals surface area (Å²) in [4.78, 5) is 15.8. The van der Waals surface area contributed by atoms with Crippen LogP contribution in [0.4, 0.5) is 0 Å². The summed E-state index contributed by atoms with van der Waals surface area (Å²) in [6.45, 7) is 1.92. The fourth-order valence-electron chi connectivity index (χ4n) is 1.84. The van der Waals surface area contributed by atoms with Gasteiger partial charge in [-0.3, -0.25) is 9.78 Å². The quantitative estimate of drug-likeness (QED) is 0.776. The molecule has 1 heterocycles. The molecule has 1 aromatic carbocycles. The standard InChI is InChI=1S/C15H15NO2/c1-11-8-12(10-15(17)18-2)9-14(16-11)13-6-4-3-5-7-13/h3-9H,10H2,1-2H3. The molecule has 0 spiro atoms. The molecule has 0 N–H and O–H groups in total. The lowest BCUT2D eigenvalue weighted by atomic mass is 10.1. The van der Waals surface area contributed by atoms with E-state index in [0.29, 0.717) is 0 Å². The number of methoxy groups -OCH3 is 1. The third kappa shape index (κ3) is 2.94. The van der Waals surface area contributed by atoms with Crippen molar-refractivity contribution < 1.29 is 9.53 Å². The molecule has 0 amide bonds. The number of carbonyl (C=O) groups is 1. The van der Waals surface area contributed by atoms with Gasteiger partial charge < -0.3 is 4.74 Å². The summed E-state index contributed by atoms with van der Waals surface area (Å²) in [5.74, 6) is -0.236. The molecule has 0 unspecified atom stereocenters. The SMILES string of the molecule is COC(=O)Cc1cc(C)nc(-c2ccccc2)c1. The number of carbonyl (C=O) groups excluding carboxylic acids is 1. The molecule has 2 rings (SSSR count). The highest BCUT2D eigenvalue weighted by Gasteiger charge is 2.07. The van der Waals surface area contributed by atoms with Crippen LogP contribution in [0.15, 0.2) is 42.5 Å². The van der Waals surface area contributed by atoms with Gasteiger partial charge in [0, 0.05) is 11.3 Å². The van der Waals surface area contributed by atoms with E-state index in [-0.39, 0.29) is 12.4 Å². The van der Waals surface area contributed by atoms with Crippen LogP contribution in [0.2, 0.25) is 0 Å². The van der Waals surface area contributed by atoms with Crippen molar-refractivity contribution >= 4 is 5.97 Å². The van der Waals surface area contributed by atoms with Gasteiger partial charge in [0.2, 0.25) is 0 Å². The van der Waals surface area contributed by atoms with E-state index >= 15 is 0 Å². The Morgan fingerprint density at radius 1 is 1.22 bits per heavy atom. The van der Waals surface area contributed by atoms with E-state index in [1.165, 1.54) is 7.11 Å². The van der Waals surface area contributed by atoms with Gasteiger partial charge in [-0.2, -0.15) is 0 Å². The second-order valence-electron chi connectivity index (χ2n) is 4.12. The maximum absolute atomic E-state index is 11.3. The summed E-state index contributed by atoms with van der Waals surface area (Å²) in [6, 6.07) is 13.8. The molecule has 0 bridgehead atoms. The van der Waals surface area contributed by atoms with E-state index < -0.39 is 0 Å². The average molecular weight is 241 g/mol. The summed E-state index contributed by atoms with van der Waals surface area (Å²) in [5.41, 5.74) is 3.75. The van der Waals surface area contributed by atoms with Crippen molar-refractivity contribution in [2.45, 2.75) is 13.3 Å². The van der Waals surface area contributed by atoms with E-state index in [4.69, 9.17) is 0 Å². The molecule has 18 heavy (non-hydrogen) atoms. The van der Waals surface area contributed by atoms with Gasteiger partial charge in [-0.1, -0.05) is 30.3 Å². The van der Waals surface area contributed by atoms with E-state index in [1.54, 1.807) is 0 Å². The summed E-state index contributed by atoms with van der Waals surface area (Å²) < 4.78 is 4.68. The number of aryl methyl sites for hydroxylation is 1. The molecule has 3 heteroatoms. The molecule has 0 fully saturated rings. The predicted molar refractivity (Wildman–Crippen MR) is 70.1 cm³/mol. The minimum absolute atomic E-state index is 0.236. The van der Waals surface area contributed by atoms with Crippen LogP contribution < -0.4 is 0 Å². The Bertz CT molecular complexity index is 550. The molecule has 0 radical (unpaired) electrons. The normalized spacial score (nSPS) is 10.1. The number of benzene rings is 1. The zero-order chi connectivity index (χ0) is 13.0. The van der Waals surface area contributed by atoms with E-state index in [2.05, 4.69) is 9.72 Å². The molecule has 0 saturated carbocycles. The minimum atomic E-state index is -0.236. The summed E-state index contributed by atoms with van der Waals surface area (Å²) >= 11 is 0. The number of rotatable bonds is 3. The van der Waals surface area contributed by atoms with Gasteiger partial charge in [0.1, 0.15) is 0 Å². The molecule has 0 aliphatic carbocycles. The van der Waals surface area contributed by atoms with Crippen molar-refractivity contribution in [3.63, 3.8) is 0 Å². The van der Waals surface area contributed by atoms with Crippen LogP contribution in [0.5, 0.6) is 0 Å². The van der Waals surface area contributed by atoms with Crippen molar-refractivity contribution in [2.24, 2.45) is 0 Å². The lowest BCUT2D eigenvalue weighted by Gasteiger charge is -2.06. The number of nitrogens with zero attached hydrogens (tertiary/aromatic N) is 1. The third-order valence-electron chi connectivity index (χ3n) is 2.66. The first-order valence-corrected chi connectivity index (χ1v) is 5.79. The smallest absolute Gasteiger partial charge is 0.309 e. The Labute approximate surface area is 106 Å². The first-order chi connectivity index (χ1) is 8.69. The Morgan fingerprint density at radius 3 is 2.61 bits per heavy atom. The van der Waals surface area contributed by atoms with Gasteiger partial charge in [-0.15, -0.1) is 0 Å². The van der Waals surface area contributed by atoms with Crippen LogP contribution in [-0.2, 0) is 16.0 Å². The largest absolute Gasteiger partial charge is 0.469 e. The van der Waals surface area contributed by atoms with Crippen LogP contribution in [0, 0.1) is 6.92 Å². The minimum Gasteiger partial charge on any atom is -0.469 e. The Morgan fingerprint density at radius 2 is 1.94 bits per heavy atom. The predicted octanol–water partition coefficient (Wildman–Crippen LogP) is 2.77. The molecule has 0 aliphatic rings. The Balaban J connectivity index is 2.35. The van der Waals surface area contributed by atoms with Crippen LogP contribution in [0.1, 0.15) is 11.3 Å². The molecule has 0 atom stereocenters. The first-order valence-electron chi connectivity index (χ1n) is 5.79. The van der Waals surface area contributed by atoms with E-state index in [1.807, 2.05) is 49.4 Å². The second kappa shape index (κ2) is 5.45. The zero-order valence-electron chi connectivity index (χ0n) is 10.5. The van der Waals surface area contributed by atoms with Crippen molar-refractivity contribution in [3.8, 4) is 11.3 Å². The Kier molecular flexibility index (Phi) is 3.72. The van der Waals surface area contributed by atoms with Crippen LogP contribution in [-0.4, -0.2) is 18.1 Å². The molecule has 3 nitrogen and oxygen atoms in total. The van der Waals surface area contributed by atoms with Gasteiger partial charge >= 0.3 is 5.97 Å². The van der Waals surface area contributed by atoms with Gasteiger partial charge in [0.15, 0.2) is 0 Å². The fraction of sp³-hybridized carbons (Fsp3) is 0.200. The summed E-state index contributed by atoms with van der Waals surface area (Å²) in [6.07, 6.45) is 0.277. The second-order valence-corrected chi connectivity index (χ2v) is 4.12. The molecular weight excluding hydrogens is 226 g/mol. The van der Waals surface area contributed by atoms with Crippen molar-refractivity contribution in [3.05, 3.63) is 53.7 Å². The van der Waals surface area contributed by atoms with E-state index in [9.17, 15) is 4.79 Å². The molecule has 1 aromatic heterocycles. The molecular formula is C15H15NO2. The lowest BCUT2D eigenvalue weighted by Crippen LogP contribution is -2.05. The zero-order valence-corrected chi connectivity index (χ0v) is 10.5. The lowest BCUT2D eigenvalue weighted by molar-refractivity contribution is -0.139. The number of hydrogen-bond acceptors (Lipinski definition) is 3. The number of hydrogen-bond donors (Lipinski definition) is 0. The maximum atomic E-state index is 11.3. The number of esters is 1. The summed E-state index contributed by atoms with van der Waals surface area (Å²) in [5, 5.41) is 0. The molecule has 2 aromatic rings. The molecule has 92 valence electrons. The van der Waals surface area contributed by atoms with Crippen molar-refractivity contribution in [1.29, 1.82) is 0 Å². The maximum Gasteiger partial charge on any atom is 0.309 e. The van der Waals surface area contributed by atoms with Crippen molar-refractivity contribution in [1.82, 2.24) is 4.98 Å². The van der Waals surface area contributed by atoms with Gasteiger partial charge in [-0.25, -0.2) is 0 Å². The number of aromatic nitrogens is 1. The van der Waals surface area contributed by atoms with E-state index in [0.717, 1.165) is 22.5 Å². The molecule has 0 saturated heterocycles. The highest BCUT2D eigenvalue weighted by Crippen LogP contribution is 2.19. The van der Waals surface area contributed by atoms with Gasteiger partial charge in [0.05, 0.1) is 19.2 Å². The average Bonchev–Trinajstić information content (AvgIpc) is 2.39. The first kappa shape index (κ1) is 12.3. The van der Waals surface area contributed by atoms with Crippen molar-refractivity contribution in [2.75, 3.05) is 7.11 Å². The number of ether oxygens (including phenoxy) is 1. The topological polar surface area (TPSA) is 39.2 Å². The van der Waals surface area contributed by atoms with Crippen LogP contribution in [0.25, 0.3) is 11.3 Å². The fourth-order valence-corrected chi connectivity index (χ4v) is 1.84. The van der Waals surface area contributed by atoms with Gasteiger partial charge in [-0.05, 0) is 24.6 Å². The molecule has 0 aliphatic heterocycles. The number of pyridine rings is 1. The monoisotopic (exact) mass is 241 g/mol. The highest BCUT2D eigenvalue weighted by atomic mass is 16.5. The van der Waals surface area contributed by atoms with Crippen LogP contribution in [0.3, 0.4) is 0 Å². The summed E-state index contributed by atoms with van der Waals surface area (Å²) in [7, 11) is 1.40.